The van der Waals surface area contributed by atoms with E-state index in [0.29, 0.717) is 17.3 Å². The van der Waals surface area contributed by atoms with Crippen LogP contribution in [-0.2, 0) is 22.8 Å². The molecule has 3 aliphatic rings. The van der Waals surface area contributed by atoms with E-state index >= 15 is 0 Å². The first-order valence-corrected chi connectivity index (χ1v) is 16.1. The van der Waals surface area contributed by atoms with Gasteiger partial charge in [-0.15, -0.1) is 0 Å². The van der Waals surface area contributed by atoms with Gasteiger partial charge in [0.05, 0.1) is 36.2 Å². The van der Waals surface area contributed by atoms with Crippen LogP contribution >= 0.6 is 0 Å². The van der Waals surface area contributed by atoms with E-state index in [-0.39, 0.29) is 18.7 Å². The van der Waals surface area contributed by atoms with Gasteiger partial charge in [0.2, 0.25) is 15.3 Å². The van der Waals surface area contributed by atoms with E-state index < -0.39 is 44.1 Å². The lowest BCUT2D eigenvalue weighted by Gasteiger charge is -2.41. The molecular formula is C31H30F2N6O4S. The van der Waals surface area contributed by atoms with Gasteiger partial charge < -0.3 is 19.9 Å². The van der Waals surface area contributed by atoms with E-state index in [1.165, 1.54) is 12.0 Å². The number of aromatic nitrogens is 3. The molecule has 7 rings (SSSR count). The molecule has 1 N–H and O–H groups in total. The number of pyridine rings is 3. The van der Waals surface area contributed by atoms with E-state index in [1.807, 2.05) is 18.3 Å². The Morgan fingerprint density at radius 2 is 1.98 bits per heavy atom. The van der Waals surface area contributed by atoms with Crippen LogP contribution in [0.3, 0.4) is 0 Å². The predicted octanol–water partition coefficient (Wildman–Crippen LogP) is 4.63. The minimum absolute atomic E-state index is 0.0276. The van der Waals surface area contributed by atoms with Crippen LogP contribution < -0.4 is 19.9 Å². The van der Waals surface area contributed by atoms with Crippen molar-refractivity contribution >= 4 is 44.0 Å². The summed E-state index contributed by atoms with van der Waals surface area (Å²) in [6, 6.07) is 10.2. The van der Waals surface area contributed by atoms with Gasteiger partial charge in [-0.1, -0.05) is 0 Å². The van der Waals surface area contributed by atoms with Gasteiger partial charge in [0.15, 0.2) is 11.6 Å². The van der Waals surface area contributed by atoms with Crippen LogP contribution in [-0.4, -0.2) is 60.5 Å². The summed E-state index contributed by atoms with van der Waals surface area (Å²) >= 11 is 0. The molecule has 4 aromatic rings. The van der Waals surface area contributed by atoms with Gasteiger partial charge in [-0.25, -0.2) is 27.2 Å². The predicted molar refractivity (Wildman–Crippen MR) is 160 cm³/mol. The monoisotopic (exact) mass is 620 g/mol. The first kappa shape index (κ1) is 28.4. The fourth-order valence-corrected chi connectivity index (χ4v) is 7.28. The quantitative estimate of drug-likeness (QED) is 0.341. The standard InChI is InChI=1S/C31H30F2N6O4S/c1-18-6-9-38(18)23-11-19-3-2-8-39(30(19)35-17-23)28-5-4-20-15-34-22(14-25(20)37-28)16-36-31(40)21-12-24(32)29-26(13-21)44(41,42)27(33)7-10-43-29/h4-5,11-15,17-18,27H,2-3,6-10,16H2,1H3,(H,36,40)/t18-,27-/m1/s1. The first-order valence-electron chi connectivity index (χ1n) is 14.6. The summed E-state index contributed by atoms with van der Waals surface area (Å²) < 4.78 is 59.2. The molecule has 0 spiro atoms. The summed E-state index contributed by atoms with van der Waals surface area (Å²) in [5.41, 5.74) is 1.00. The number of ether oxygens (including phenoxy) is 1. The highest BCUT2D eigenvalue weighted by atomic mass is 32.2. The zero-order chi connectivity index (χ0) is 30.6. The molecule has 6 heterocycles. The number of carbonyl (C=O) groups excluding carboxylic acids is 1. The van der Waals surface area contributed by atoms with Crippen LogP contribution in [0.1, 0.15) is 47.8 Å². The van der Waals surface area contributed by atoms with Crippen LogP contribution in [0, 0.1) is 5.82 Å². The Hall–Kier alpha value is -4.39. The zero-order valence-corrected chi connectivity index (χ0v) is 24.8. The van der Waals surface area contributed by atoms with Crippen molar-refractivity contribution in [3.8, 4) is 5.75 Å². The second-order valence-corrected chi connectivity index (χ2v) is 13.4. The van der Waals surface area contributed by atoms with Gasteiger partial charge in [0.1, 0.15) is 16.5 Å². The molecule has 3 aromatic heterocycles. The first-order chi connectivity index (χ1) is 21.2. The van der Waals surface area contributed by atoms with Gasteiger partial charge in [-0.2, -0.15) is 0 Å². The third kappa shape index (κ3) is 4.98. The van der Waals surface area contributed by atoms with Gasteiger partial charge in [-0.3, -0.25) is 9.78 Å². The number of hydrogen-bond donors (Lipinski definition) is 1. The van der Waals surface area contributed by atoms with Crippen LogP contribution in [0.15, 0.2) is 53.7 Å². The molecule has 0 bridgehead atoms. The largest absolute Gasteiger partial charge is 0.489 e. The number of carbonyl (C=O) groups is 1. The highest BCUT2D eigenvalue weighted by Crippen LogP contribution is 2.37. The van der Waals surface area contributed by atoms with Crippen molar-refractivity contribution in [1.29, 1.82) is 0 Å². The number of anilines is 3. The van der Waals surface area contributed by atoms with Crippen molar-refractivity contribution in [3.05, 3.63) is 71.4 Å². The molecule has 1 fully saturated rings. The van der Waals surface area contributed by atoms with Crippen molar-refractivity contribution in [3.63, 3.8) is 0 Å². The molecule has 0 aliphatic carbocycles. The number of nitrogens with one attached hydrogen (secondary N) is 1. The Bertz CT molecular complexity index is 1910. The molecule has 44 heavy (non-hydrogen) atoms. The Morgan fingerprint density at radius 3 is 2.77 bits per heavy atom. The van der Waals surface area contributed by atoms with E-state index in [1.54, 1.807) is 12.3 Å². The zero-order valence-electron chi connectivity index (χ0n) is 24.0. The molecule has 0 radical (unpaired) electrons. The number of nitrogens with zero attached hydrogens (tertiary/aromatic N) is 5. The van der Waals surface area contributed by atoms with Crippen molar-refractivity contribution in [2.75, 3.05) is 29.5 Å². The normalized spacial score (nSPS) is 20.6. The molecule has 13 heteroatoms. The average Bonchev–Trinajstić information content (AvgIpc) is 3.13. The molecule has 1 saturated heterocycles. The Labute approximate surface area is 253 Å². The number of alkyl halides is 1. The average molecular weight is 621 g/mol. The van der Waals surface area contributed by atoms with Gasteiger partial charge in [0.25, 0.3) is 5.91 Å². The summed E-state index contributed by atoms with van der Waals surface area (Å²) in [6.45, 7) is 3.74. The second kappa shape index (κ2) is 11.0. The highest BCUT2D eigenvalue weighted by Gasteiger charge is 2.35. The third-order valence-corrected chi connectivity index (χ3v) is 10.3. The maximum absolute atomic E-state index is 14.7. The van der Waals surface area contributed by atoms with Crippen LogP contribution in [0.5, 0.6) is 5.75 Å². The Morgan fingerprint density at radius 1 is 1.11 bits per heavy atom. The summed E-state index contributed by atoms with van der Waals surface area (Å²) in [6.07, 6.45) is 6.29. The van der Waals surface area contributed by atoms with Crippen LogP contribution in [0.25, 0.3) is 10.9 Å². The van der Waals surface area contributed by atoms with E-state index in [2.05, 4.69) is 33.1 Å². The molecular weight excluding hydrogens is 590 g/mol. The second-order valence-electron chi connectivity index (χ2n) is 11.4. The molecule has 1 aromatic carbocycles. The number of aryl methyl sites for hydroxylation is 1. The van der Waals surface area contributed by atoms with Crippen molar-refractivity contribution in [1.82, 2.24) is 20.3 Å². The molecule has 228 valence electrons. The molecule has 0 unspecified atom stereocenters. The minimum atomic E-state index is -4.51. The minimum Gasteiger partial charge on any atom is -0.489 e. The molecule has 0 saturated carbocycles. The smallest absolute Gasteiger partial charge is 0.251 e. The number of rotatable bonds is 5. The Balaban J connectivity index is 1.11. The molecule has 2 atom stereocenters. The number of fused-ring (bicyclic) bond motifs is 3. The van der Waals surface area contributed by atoms with Crippen LogP contribution in [0.2, 0.25) is 0 Å². The fraction of sp³-hybridized carbons (Fsp3) is 0.355. The van der Waals surface area contributed by atoms with Crippen molar-refractivity contribution in [2.24, 2.45) is 0 Å². The molecule has 1 amide bonds. The lowest BCUT2D eigenvalue weighted by Crippen LogP contribution is -2.45. The summed E-state index contributed by atoms with van der Waals surface area (Å²) in [4.78, 5) is 30.9. The van der Waals surface area contributed by atoms with E-state index in [9.17, 15) is 22.0 Å². The third-order valence-electron chi connectivity index (χ3n) is 8.49. The van der Waals surface area contributed by atoms with E-state index in [0.717, 1.165) is 60.8 Å². The van der Waals surface area contributed by atoms with Crippen molar-refractivity contribution < 1.29 is 26.7 Å². The van der Waals surface area contributed by atoms with Crippen LogP contribution in [0.4, 0.5) is 26.1 Å². The fourth-order valence-electron chi connectivity index (χ4n) is 5.90. The Kier molecular flexibility index (Phi) is 7.07. The number of hydrogen-bond acceptors (Lipinski definition) is 9. The number of benzene rings is 1. The summed E-state index contributed by atoms with van der Waals surface area (Å²) in [5.74, 6) is -0.704. The number of sulfone groups is 1. The molecule has 10 nitrogen and oxygen atoms in total. The maximum atomic E-state index is 14.7. The highest BCUT2D eigenvalue weighted by molar-refractivity contribution is 7.92. The summed E-state index contributed by atoms with van der Waals surface area (Å²) in [7, 11) is -4.51. The van der Waals surface area contributed by atoms with Crippen molar-refractivity contribution in [2.45, 2.75) is 55.6 Å². The van der Waals surface area contributed by atoms with Gasteiger partial charge in [0, 0.05) is 42.7 Å². The van der Waals surface area contributed by atoms with Gasteiger partial charge in [-0.05, 0) is 68.1 Å². The lowest BCUT2D eigenvalue weighted by atomic mass is 10.0. The number of halogens is 2. The topological polar surface area (TPSA) is 118 Å². The van der Waals surface area contributed by atoms with E-state index in [4.69, 9.17) is 14.7 Å². The molecule has 3 aliphatic heterocycles. The lowest BCUT2D eigenvalue weighted by molar-refractivity contribution is 0.0949. The van der Waals surface area contributed by atoms with Gasteiger partial charge >= 0.3 is 0 Å². The summed E-state index contributed by atoms with van der Waals surface area (Å²) in [5, 5.41) is 3.45. The SMILES string of the molecule is C[C@@H]1CCN1c1cnc2c(c1)CCCN2c1ccc2cnc(CNC(=O)c3cc(F)c4c(c3)S(=O)(=O)[C@@H](F)CCO4)cc2n1. The maximum Gasteiger partial charge on any atom is 0.251 e. The number of amides is 1.